The van der Waals surface area contributed by atoms with Crippen LogP contribution in [0.5, 0.6) is 0 Å². The number of pyridine rings is 3. The summed E-state index contributed by atoms with van der Waals surface area (Å²) in [4.78, 5) is 33.8. The molecule has 10 heteroatoms. The molecule has 8 heterocycles. The van der Waals surface area contributed by atoms with Gasteiger partial charge in [-0.25, -0.2) is 24.9 Å². The van der Waals surface area contributed by atoms with Gasteiger partial charge >= 0.3 is 0 Å². The number of hydrogen-bond acceptors (Lipinski definition) is 10. The highest BCUT2D eigenvalue weighted by atomic mass is 16.3. The van der Waals surface area contributed by atoms with Crippen LogP contribution >= 0.6 is 0 Å². The van der Waals surface area contributed by atoms with Crippen LogP contribution in [0.1, 0.15) is 0 Å². The SMILES string of the molecule is c1ccc(-c2nc(-c3ccc(-c4cccc5c4oc4ccccc45)cc3)cc3ncccc23)cc1.c1ccc(-c2nc3ccccc3nc2-c2ccc(-c3cccc4c3oc3ccccc34)cc2)cc1.c1ccc(-c2nc3cnccc3nc2-c2ccc(-c3cccc4oc5ccccc5c34)cc2)cc1. The summed E-state index contributed by atoms with van der Waals surface area (Å²) in [5.41, 5.74) is 28.0. The van der Waals surface area contributed by atoms with Crippen molar-refractivity contribution in [2.45, 2.75) is 0 Å². The number of fused-ring (bicyclic) bond motifs is 12. The quantitative estimate of drug-likeness (QED) is 0.138. The van der Waals surface area contributed by atoms with E-state index < -0.39 is 0 Å². The fourth-order valence-electron chi connectivity index (χ4n) is 14.3. The standard InChI is InChI=1S/2C32H20N2O.C31H19N3O/c1-2-9-22(10-3-1)30-31(34-28-15-6-5-14-27(28)33-30)23-19-17-21(18-20-23)24-12-8-13-26-25-11-4-7-16-29(25)35-32(24)26;1-2-8-23(9-3-1)31-27-13-7-19-33-29(27)20-28(34-31)22-17-15-21(16-18-22)24-11-6-12-26-25-10-4-5-14-30(25)35-32(24)26;1-2-7-21(8-3-1)30-31(33-25-17-18-32-19-26(25)34-30)22-15-13-20(14-16-22)23-10-6-12-28-29(23)24-9-4-5-11-27(24)35-28/h2*1-20H;1-19H. The minimum atomic E-state index is 0.783. The van der Waals surface area contributed by atoms with Crippen LogP contribution in [-0.2, 0) is 0 Å². The highest BCUT2D eigenvalue weighted by Crippen LogP contribution is 2.42. The second-order valence-corrected chi connectivity index (χ2v) is 25.8. The molecule has 105 heavy (non-hydrogen) atoms. The van der Waals surface area contributed by atoms with Crippen LogP contribution in [0.2, 0.25) is 0 Å². The van der Waals surface area contributed by atoms with E-state index in [4.69, 9.17) is 38.2 Å². The fraction of sp³-hybridized carbons (Fsp3) is 0. The molecule has 0 aliphatic carbocycles. The maximum atomic E-state index is 6.26. The molecule has 0 radical (unpaired) electrons. The van der Waals surface area contributed by atoms with Crippen molar-refractivity contribution in [1.29, 1.82) is 0 Å². The Morgan fingerprint density at radius 2 is 0.590 bits per heavy atom. The lowest BCUT2D eigenvalue weighted by molar-refractivity contribution is 0.669. The van der Waals surface area contributed by atoms with Gasteiger partial charge in [0.15, 0.2) is 0 Å². The first-order chi connectivity index (χ1) is 52.0. The Kier molecular flexibility index (Phi) is 15.7. The molecule has 0 amide bonds. The molecule has 0 unspecified atom stereocenters. The maximum absolute atomic E-state index is 6.26. The zero-order valence-electron chi connectivity index (χ0n) is 56.4. The molecule has 0 fully saturated rings. The molecule has 0 N–H and O–H groups in total. The first kappa shape index (κ1) is 61.7. The van der Waals surface area contributed by atoms with Crippen molar-refractivity contribution in [3.8, 4) is 101 Å². The molecular formula is C95H59N7O3. The summed E-state index contributed by atoms with van der Waals surface area (Å²) in [6.07, 6.45) is 5.34. The molecule has 0 saturated heterocycles. The van der Waals surface area contributed by atoms with Crippen molar-refractivity contribution in [3.63, 3.8) is 0 Å². The van der Waals surface area contributed by atoms with E-state index in [9.17, 15) is 0 Å². The molecule has 21 rings (SSSR count). The van der Waals surface area contributed by atoms with E-state index in [0.29, 0.717) is 0 Å². The van der Waals surface area contributed by atoms with Gasteiger partial charge in [0.25, 0.3) is 0 Å². The van der Waals surface area contributed by atoms with Gasteiger partial charge in [-0.05, 0) is 82.9 Å². The average molecular weight is 1350 g/mol. The van der Waals surface area contributed by atoms with Crippen LogP contribution in [0.15, 0.2) is 372 Å². The molecular weight excluding hydrogens is 1290 g/mol. The van der Waals surface area contributed by atoms with Crippen LogP contribution in [0.4, 0.5) is 0 Å². The predicted octanol–water partition coefficient (Wildman–Crippen LogP) is 25.0. The molecule has 0 bridgehead atoms. The van der Waals surface area contributed by atoms with E-state index >= 15 is 0 Å². The van der Waals surface area contributed by atoms with Gasteiger partial charge in [-0.2, -0.15) is 0 Å². The second kappa shape index (κ2) is 26.6. The lowest BCUT2D eigenvalue weighted by Gasteiger charge is -2.11. The molecule has 13 aromatic carbocycles. The van der Waals surface area contributed by atoms with Crippen LogP contribution < -0.4 is 0 Å². The van der Waals surface area contributed by atoms with Gasteiger partial charge in [0, 0.05) is 94.6 Å². The highest BCUT2D eigenvalue weighted by Gasteiger charge is 2.20. The summed E-state index contributed by atoms with van der Waals surface area (Å²) in [6.45, 7) is 0. The van der Waals surface area contributed by atoms with E-state index in [1.54, 1.807) is 12.4 Å². The number of rotatable bonds is 9. The molecule has 8 aromatic heterocycles. The van der Waals surface area contributed by atoms with Gasteiger partial charge in [-0.1, -0.05) is 279 Å². The lowest BCUT2D eigenvalue weighted by atomic mass is 9.97. The largest absolute Gasteiger partial charge is 0.456 e. The number of para-hydroxylation sites is 7. The number of furan rings is 3. The van der Waals surface area contributed by atoms with Crippen molar-refractivity contribution < 1.29 is 13.3 Å². The van der Waals surface area contributed by atoms with Crippen molar-refractivity contribution in [1.82, 2.24) is 34.9 Å². The van der Waals surface area contributed by atoms with Crippen molar-refractivity contribution in [2.75, 3.05) is 0 Å². The maximum Gasteiger partial charge on any atom is 0.143 e. The third kappa shape index (κ3) is 11.6. The average Bonchev–Trinajstić information content (AvgIpc) is 1.70. The molecule has 0 aliphatic heterocycles. The summed E-state index contributed by atoms with van der Waals surface area (Å²) in [7, 11) is 0. The second-order valence-electron chi connectivity index (χ2n) is 25.8. The minimum Gasteiger partial charge on any atom is -0.456 e. The van der Waals surface area contributed by atoms with E-state index in [0.717, 1.165) is 200 Å². The molecule has 21 aromatic rings. The summed E-state index contributed by atoms with van der Waals surface area (Å²) >= 11 is 0. The van der Waals surface area contributed by atoms with Crippen molar-refractivity contribution >= 4 is 98.8 Å². The summed E-state index contributed by atoms with van der Waals surface area (Å²) in [6, 6.07) is 116. The van der Waals surface area contributed by atoms with Crippen LogP contribution in [-0.4, -0.2) is 34.9 Å². The number of benzene rings is 13. The Hall–Kier alpha value is -14.4. The first-order valence-electron chi connectivity index (χ1n) is 34.9. The fourth-order valence-corrected chi connectivity index (χ4v) is 14.3. The van der Waals surface area contributed by atoms with Crippen molar-refractivity contribution in [2.24, 2.45) is 0 Å². The van der Waals surface area contributed by atoms with Gasteiger partial charge in [-0.3, -0.25) is 9.97 Å². The van der Waals surface area contributed by atoms with Gasteiger partial charge in [0.05, 0.1) is 62.4 Å². The van der Waals surface area contributed by atoms with Gasteiger partial charge in [0.2, 0.25) is 0 Å². The Bertz CT molecular complexity index is 6810. The van der Waals surface area contributed by atoms with Crippen LogP contribution in [0, 0.1) is 0 Å². The summed E-state index contributed by atoms with van der Waals surface area (Å²) in [5.74, 6) is 0. The van der Waals surface area contributed by atoms with Crippen molar-refractivity contribution in [3.05, 3.63) is 358 Å². The molecule has 10 nitrogen and oxygen atoms in total. The van der Waals surface area contributed by atoms with E-state index in [-0.39, 0.29) is 0 Å². The highest BCUT2D eigenvalue weighted by molar-refractivity contribution is 6.13. The predicted molar refractivity (Wildman–Crippen MR) is 427 cm³/mol. The number of hydrogen-bond donors (Lipinski definition) is 0. The molecule has 0 saturated carbocycles. The van der Waals surface area contributed by atoms with Gasteiger partial charge < -0.3 is 13.3 Å². The van der Waals surface area contributed by atoms with E-state index in [2.05, 4.69) is 198 Å². The smallest absolute Gasteiger partial charge is 0.143 e. The molecule has 492 valence electrons. The number of nitrogens with zero attached hydrogens (tertiary/aromatic N) is 7. The van der Waals surface area contributed by atoms with Crippen LogP contribution in [0.3, 0.4) is 0 Å². The Morgan fingerprint density at radius 1 is 0.210 bits per heavy atom. The summed E-state index contributed by atoms with van der Waals surface area (Å²) < 4.78 is 18.6. The van der Waals surface area contributed by atoms with Gasteiger partial charge in [-0.15, -0.1) is 0 Å². The monoisotopic (exact) mass is 1350 g/mol. The third-order valence-electron chi connectivity index (χ3n) is 19.4. The normalized spacial score (nSPS) is 11.4. The Balaban J connectivity index is 0.000000108. The third-order valence-corrected chi connectivity index (χ3v) is 19.4. The molecule has 0 atom stereocenters. The molecule has 0 spiro atoms. The minimum absolute atomic E-state index is 0.783. The zero-order valence-corrected chi connectivity index (χ0v) is 56.4. The Labute approximate surface area is 602 Å². The number of aromatic nitrogens is 7. The van der Waals surface area contributed by atoms with E-state index in [1.807, 2.05) is 158 Å². The Morgan fingerprint density at radius 3 is 1.13 bits per heavy atom. The topological polar surface area (TPSA) is 130 Å². The lowest BCUT2D eigenvalue weighted by Crippen LogP contribution is -1.96. The zero-order chi connectivity index (χ0) is 69.6. The summed E-state index contributed by atoms with van der Waals surface area (Å²) in [5, 5.41) is 7.87. The van der Waals surface area contributed by atoms with Crippen LogP contribution in [0.25, 0.3) is 200 Å². The van der Waals surface area contributed by atoms with Gasteiger partial charge in [0.1, 0.15) is 39.0 Å². The van der Waals surface area contributed by atoms with E-state index in [1.165, 1.54) is 0 Å². The molecule has 0 aliphatic rings. The first-order valence-corrected chi connectivity index (χ1v) is 34.9.